The molecule has 0 spiro atoms. The number of benzene rings is 1. The van der Waals surface area contributed by atoms with E-state index < -0.39 is 5.97 Å². The first-order valence-corrected chi connectivity index (χ1v) is 10.1. The van der Waals surface area contributed by atoms with Gasteiger partial charge in [-0.05, 0) is 32.9 Å². The predicted molar refractivity (Wildman–Crippen MR) is 111 cm³/mol. The average molecular weight is 400 g/mol. The normalized spacial score (nSPS) is 14.7. The Kier molecular flexibility index (Phi) is 6.59. The van der Waals surface area contributed by atoms with Crippen molar-refractivity contribution in [3.63, 3.8) is 0 Å². The number of para-hydroxylation sites is 2. The Bertz CT molecular complexity index is 882. The molecule has 0 aliphatic carbocycles. The first kappa shape index (κ1) is 20.9. The van der Waals surface area contributed by atoms with E-state index in [1.54, 1.807) is 21.0 Å². The molecule has 1 saturated heterocycles. The highest BCUT2D eigenvalue weighted by Gasteiger charge is 2.29. The van der Waals surface area contributed by atoms with Gasteiger partial charge in [0.25, 0.3) is 0 Å². The number of Topliss-reactive ketones (excluding diaryl/α,β-unsaturated/α-hetero) is 1. The number of carbonyl (C=O) groups is 2. The lowest BCUT2D eigenvalue weighted by atomic mass is 10.0. The van der Waals surface area contributed by atoms with Crippen molar-refractivity contribution in [1.82, 2.24) is 4.98 Å². The number of rotatable bonds is 7. The molecule has 2 aromatic rings. The van der Waals surface area contributed by atoms with Gasteiger partial charge in [0.05, 0.1) is 56.7 Å². The van der Waals surface area contributed by atoms with E-state index in [4.69, 9.17) is 9.47 Å². The summed E-state index contributed by atoms with van der Waals surface area (Å²) in [6, 6.07) is 8.00. The average Bonchev–Trinajstić information content (AvgIpc) is 3.02. The number of anilines is 1. The van der Waals surface area contributed by atoms with E-state index in [-0.39, 0.29) is 12.4 Å². The monoisotopic (exact) mass is 400 g/mol. The molecule has 0 radical (unpaired) electrons. The number of ketones is 1. The number of piperazine rings is 1. The maximum Gasteiger partial charge on any atom is 0.340 e. The molecule has 0 unspecified atom stereocenters. The molecule has 29 heavy (non-hydrogen) atoms. The first-order chi connectivity index (χ1) is 14.0. The van der Waals surface area contributed by atoms with Crippen LogP contribution < -0.4 is 14.5 Å². The number of nitrogens with one attached hydrogen (secondary N) is 2. The van der Waals surface area contributed by atoms with Gasteiger partial charge >= 0.3 is 5.97 Å². The van der Waals surface area contributed by atoms with Crippen LogP contribution in [0.5, 0.6) is 5.75 Å². The van der Waals surface area contributed by atoms with Gasteiger partial charge in [0.1, 0.15) is 12.3 Å². The third-order valence-electron chi connectivity index (χ3n) is 5.44. The Hall–Kier alpha value is -2.80. The quantitative estimate of drug-likeness (QED) is 0.543. The molecule has 0 saturated carbocycles. The highest BCUT2D eigenvalue weighted by Crippen LogP contribution is 2.27. The summed E-state index contributed by atoms with van der Waals surface area (Å²) < 4.78 is 10.6. The lowest BCUT2D eigenvalue weighted by Gasteiger charge is -2.34. The number of carbonyl (C=O) groups excluding carboxylic acids is 2. The molecular formula is C22H30N3O4+. The van der Waals surface area contributed by atoms with Gasteiger partial charge in [-0.3, -0.25) is 4.79 Å². The number of aromatic nitrogens is 1. The minimum atomic E-state index is -0.436. The van der Waals surface area contributed by atoms with Crippen molar-refractivity contribution in [2.24, 2.45) is 0 Å². The van der Waals surface area contributed by atoms with E-state index in [0.29, 0.717) is 23.4 Å². The molecule has 7 heteroatoms. The molecule has 156 valence electrons. The summed E-state index contributed by atoms with van der Waals surface area (Å²) in [5.74, 6) is 0.411. The number of ether oxygens (including phenoxy) is 2. The molecule has 0 bridgehead atoms. The SMILES string of the molecule is CCOC(=O)c1c(C)[nH]c(C)c1C(=O)C[NH+]1CCN(c2ccccc2OC)CC1. The zero-order valence-electron chi connectivity index (χ0n) is 17.6. The minimum Gasteiger partial charge on any atom is -0.495 e. The summed E-state index contributed by atoms with van der Waals surface area (Å²) in [7, 11) is 1.68. The molecule has 2 heterocycles. The van der Waals surface area contributed by atoms with Crippen molar-refractivity contribution >= 4 is 17.4 Å². The van der Waals surface area contributed by atoms with Crippen molar-refractivity contribution in [2.75, 3.05) is 51.3 Å². The lowest BCUT2D eigenvalue weighted by Crippen LogP contribution is -3.15. The highest BCUT2D eigenvalue weighted by atomic mass is 16.5. The van der Waals surface area contributed by atoms with Crippen LogP contribution in [0.1, 0.15) is 39.0 Å². The second-order valence-electron chi connectivity index (χ2n) is 7.35. The molecule has 1 aliphatic rings. The van der Waals surface area contributed by atoms with Gasteiger partial charge in [0, 0.05) is 11.4 Å². The summed E-state index contributed by atoms with van der Waals surface area (Å²) in [6.07, 6.45) is 0. The van der Waals surface area contributed by atoms with Crippen LogP contribution in [0.15, 0.2) is 24.3 Å². The van der Waals surface area contributed by atoms with Crippen LogP contribution in [0.25, 0.3) is 0 Å². The number of nitrogens with zero attached hydrogens (tertiary/aromatic N) is 1. The topological polar surface area (TPSA) is 76.1 Å². The Labute approximate surface area is 171 Å². The summed E-state index contributed by atoms with van der Waals surface area (Å²) >= 11 is 0. The van der Waals surface area contributed by atoms with Gasteiger partial charge < -0.3 is 24.3 Å². The van der Waals surface area contributed by atoms with Crippen LogP contribution in [-0.2, 0) is 4.74 Å². The number of quaternary nitrogens is 1. The summed E-state index contributed by atoms with van der Waals surface area (Å²) in [6.45, 7) is 9.43. The van der Waals surface area contributed by atoms with E-state index in [1.807, 2.05) is 25.1 Å². The van der Waals surface area contributed by atoms with Crippen molar-refractivity contribution < 1.29 is 24.0 Å². The molecule has 1 aromatic carbocycles. The van der Waals surface area contributed by atoms with Crippen LogP contribution in [0, 0.1) is 13.8 Å². The summed E-state index contributed by atoms with van der Waals surface area (Å²) in [4.78, 5) is 32.0. The van der Waals surface area contributed by atoms with Crippen LogP contribution in [-0.4, -0.2) is 63.2 Å². The van der Waals surface area contributed by atoms with E-state index in [1.165, 1.54) is 4.90 Å². The third-order valence-corrected chi connectivity index (χ3v) is 5.44. The van der Waals surface area contributed by atoms with E-state index in [2.05, 4.69) is 16.0 Å². The maximum absolute atomic E-state index is 13.0. The number of H-pyrrole nitrogens is 1. The van der Waals surface area contributed by atoms with Crippen molar-refractivity contribution in [3.8, 4) is 5.75 Å². The fraction of sp³-hybridized carbons (Fsp3) is 0.455. The third kappa shape index (κ3) is 4.45. The van der Waals surface area contributed by atoms with E-state index in [9.17, 15) is 9.59 Å². The molecule has 0 atom stereocenters. The van der Waals surface area contributed by atoms with Crippen molar-refractivity contribution in [3.05, 3.63) is 46.8 Å². The predicted octanol–water partition coefficient (Wildman–Crippen LogP) is 1.40. The maximum atomic E-state index is 13.0. The molecule has 1 aliphatic heterocycles. The molecule has 7 nitrogen and oxygen atoms in total. The standard InChI is InChI=1S/C22H29N3O4/c1-5-29-22(27)21-16(3)23-15(2)20(21)18(26)14-24-10-12-25(13-11-24)17-8-6-7-9-19(17)28-4/h6-9,23H,5,10-14H2,1-4H3/p+1. The zero-order valence-corrected chi connectivity index (χ0v) is 17.6. The Morgan fingerprint density at radius 1 is 1.10 bits per heavy atom. The summed E-state index contributed by atoms with van der Waals surface area (Å²) in [5.41, 5.74) is 3.34. The number of aryl methyl sites for hydroxylation is 2. The van der Waals surface area contributed by atoms with Crippen LogP contribution in [0.4, 0.5) is 5.69 Å². The van der Waals surface area contributed by atoms with Crippen LogP contribution >= 0.6 is 0 Å². The Balaban J connectivity index is 1.67. The molecule has 0 amide bonds. The number of hydrogen-bond acceptors (Lipinski definition) is 5. The largest absolute Gasteiger partial charge is 0.495 e. The smallest absolute Gasteiger partial charge is 0.340 e. The number of hydrogen-bond donors (Lipinski definition) is 2. The van der Waals surface area contributed by atoms with Gasteiger partial charge in [0.15, 0.2) is 0 Å². The Morgan fingerprint density at radius 3 is 2.41 bits per heavy atom. The van der Waals surface area contributed by atoms with Gasteiger partial charge in [-0.25, -0.2) is 4.79 Å². The van der Waals surface area contributed by atoms with Gasteiger partial charge in [-0.15, -0.1) is 0 Å². The van der Waals surface area contributed by atoms with Gasteiger partial charge in [-0.2, -0.15) is 0 Å². The molecular weight excluding hydrogens is 370 g/mol. The number of methoxy groups -OCH3 is 1. The highest BCUT2D eigenvalue weighted by molar-refractivity contribution is 6.08. The van der Waals surface area contributed by atoms with Crippen molar-refractivity contribution in [1.29, 1.82) is 0 Å². The second kappa shape index (κ2) is 9.13. The van der Waals surface area contributed by atoms with Crippen molar-refractivity contribution in [2.45, 2.75) is 20.8 Å². The number of esters is 1. The lowest BCUT2D eigenvalue weighted by molar-refractivity contribution is -0.892. The molecule has 1 aromatic heterocycles. The molecule has 2 N–H and O–H groups in total. The fourth-order valence-electron chi connectivity index (χ4n) is 4.04. The van der Waals surface area contributed by atoms with Crippen LogP contribution in [0.2, 0.25) is 0 Å². The van der Waals surface area contributed by atoms with Crippen LogP contribution in [0.3, 0.4) is 0 Å². The van der Waals surface area contributed by atoms with Gasteiger partial charge in [-0.1, -0.05) is 12.1 Å². The molecule has 3 rings (SSSR count). The Morgan fingerprint density at radius 2 is 1.76 bits per heavy atom. The first-order valence-electron chi connectivity index (χ1n) is 10.1. The fourth-order valence-corrected chi connectivity index (χ4v) is 4.04. The molecule has 1 fully saturated rings. The second-order valence-corrected chi connectivity index (χ2v) is 7.35. The van der Waals surface area contributed by atoms with E-state index >= 15 is 0 Å². The zero-order chi connectivity index (χ0) is 21.0. The van der Waals surface area contributed by atoms with Gasteiger partial charge in [0.2, 0.25) is 5.78 Å². The number of aromatic amines is 1. The summed E-state index contributed by atoms with van der Waals surface area (Å²) in [5, 5.41) is 0. The van der Waals surface area contributed by atoms with E-state index in [0.717, 1.165) is 43.3 Å². The minimum absolute atomic E-state index is 0.0179.